The Kier molecular flexibility index (Phi) is 11.7. The zero-order valence-electron chi connectivity index (χ0n) is 31.6. The summed E-state index contributed by atoms with van der Waals surface area (Å²) < 4.78 is 7.33. The van der Waals surface area contributed by atoms with Crippen molar-refractivity contribution in [2.75, 3.05) is 18.1 Å². The summed E-state index contributed by atoms with van der Waals surface area (Å²) in [4.78, 5) is 40.5. The number of non-ortho nitro benzene ring substituents is 1. The van der Waals surface area contributed by atoms with Crippen LogP contribution in [0.15, 0.2) is 126 Å². The second-order valence-electron chi connectivity index (χ2n) is 15.6. The molecule has 4 aromatic rings. The van der Waals surface area contributed by atoms with Crippen LogP contribution in [0, 0.1) is 27.9 Å². The van der Waals surface area contributed by atoms with Gasteiger partial charge in [-0.1, -0.05) is 111 Å². The van der Waals surface area contributed by atoms with Crippen molar-refractivity contribution < 1.29 is 34.3 Å². The number of nitrogens with zero attached hydrogens (tertiary/aromatic N) is 2. The fraction of sp³-hybridized carbons (Fsp3) is 0.318. The number of aromatic hydroxyl groups is 1. The normalized spacial score (nSPS) is 19.8. The lowest BCUT2D eigenvalue weighted by atomic mass is 9.68. The second-order valence-corrected chi connectivity index (χ2v) is 19.9. The Labute approximate surface area is 322 Å². The number of allylic oxidation sites excluding steroid dienone is 1. The predicted molar refractivity (Wildman–Crippen MR) is 215 cm³/mol. The molecule has 4 aromatic carbocycles. The summed E-state index contributed by atoms with van der Waals surface area (Å²) in [7, 11) is -3.10. The SMILES string of the molecule is C/C(=C\c1cccc(O)c1)CC[C@@H](O)C1=C(CO[Si](c2ccccc2)(c2ccccc2)C(C)(C)C)C[C@H]2C(=O)N(c3cccc([N+](=O)[O-])c3)C(=O)[C@H]2[C@H]1CO. The van der Waals surface area contributed by atoms with E-state index in [2.05, 4.69) is 45.0 Å². The van der Waals surface area contributed by atoms with Crippen LogP contribution in [0.4, 0.5) is 11.4 Å². The van der Waals surface area contributed by atoms with Crippen LogP contribution in [0.3, 0.4) is 0 Å². The molecule has 2 aliphatic rings. The number of hydrogen-bond donors (Lipinski definition) is 3. The molecule has 3 N–H and O–H groups in total. The standard InChI is InChI=1S/C44H48N2O8Si/c1-29(23-30-13-11-16-34(48)24-30)21-22-39(49)40-31(28-54-55(44(2,3)4,35-17-7-5-8-18-35)36-19-9-6-10-20-36)25-37-41(38(40)27-47)43(51)45(42(37)50)32-14-12-15-33(26-32)46(52)53/h5-20,23-24,26,37-39,41,47-49H,21-22,25,27-28H2,1-4H3/b29-23+/t37-,38+,39-,41-/m1/s1. The molecule has 1 saturated heterocycles. The van der Waals surface area contributed by atoms with Gasteiger partial charge in [-0.05, 0) is 76.5 Å². The molecule has 1 heterocycles. The van der Waals surface area contributed by atoms with Crippen LogP contribution in [0.5, 0.6) is 5.75 Å². The van der Waals surface area contributed by atoms with E-state index in [9.17, 15) is 35.0 Å². The zero-order valence-corrected chi connectivity index (χ0v) is 32.6. The molecular weight excluding hydrogens is 713 g/mol. The van der Waals surface area contributed by atoms with E-state index in [4.69, 9.17) is 4.43 Å². The van der Waals surface area contributed by atoms with E-state index in [1.54, 1.807) is 18.2 Å². The molecule has 0 radical (unpaired) electrons. The van der Waals surface area contributed by atoms with E-state index in [1.807, 2.05) is 55.5 Å². The fourth-order valence-electron chi connectivity index (χ4n) is 8.54. The Balaban J connectivity index is 1.42. The lowest BCUT2D eigenvalue weighted by Crippen LogP contribution is -2.66. The van der Waals surface area contributed by atoms with Crippen LogP contribution in [0.2, 0.25) is 5.04 Å². The van der Waals surface area contributed by atoms with Crippen LogP contribution in [0.25, 0.3) is 6.08 Å². The van der Waals surface area contributed by atoms with Gasteiger partial charge < -0.3 is 19.7 Å². The van der Waals surface area contributed by atoms with Crippen molar-refractivity contribution in [3.05, 3.63) is 142 Å². The lowest BCUT2D eigenvalue weighted by Gasteiger charge is -2.44. The number of benzene rings is 4. The highest BCUT2D eigenvalue weighted by Gasteiger charge is 2.56. The number of amides is 2. The predicted octanol–water partition coefficient (Wildman–Crippen LogP) is 6.54. The van der Waals surface area contributed by atoms with Crippen molar-refractivity contribution in [3.63, 3.8) is 0 Å². The quantitative estimate of drug-likeness (QED) is 0.0458. The number of imide groups is 1. The molecule has 286 valence electrons. The van der Waals surface area contributed by atoms with Gasteiger partial charge >= 0.3 is 0 Å². The summed E-state index contributed by atoms with van der Waals surface area (Å²) in [6.07, 6.45) is 1.70. The summed E-state index contributed by atoms with van der Waals surface area (Å²) in [6, 6.07) is 32.6. The first kappa shape index (κ1) is 39.5. The Morgan fingerprint density at radius 3 is 2.16 bits per heavy atom. The molecule has 55 heavy (non-hydrogen) atoms. The summed E-state index contributed by atoms with van der Waals surface area (Å²) in [6.45, 7) is 7.97. The number of nitro benzene ring substituents is 1. The van der Waals surface area contributed by atoms with Gasteiger partial charge in [0.1, 0.15) is 5.75 Å². The van der Waals surface area contributed by atoms with Crippen molar-refractivity contribution in [3.8, 4) is 5.75 Å². The molecule has 6 rings (SSSR count). The van der Waals surface area contributed by atoms with Crippen LogP contribution in [-0.4, -0.2) is 59.7 Å². The molecule has 1 aliphatic carbocycles. The number of carbonyl (C=O) groups excluding carboxylic acids is 2. The number of phenols is 1. The minimum atomic E-state index is -3.10. The number of rotatable bonds is 13. The van der Waals surface area contributed by atoms with Gasteiger partial charge in [0.05, 0.1) is 41.8 Å². The molecule has 2 amide bonds. The molecule has 4 atom stereocenters. The lowest BCUT2D eigenvalue weighted by molar-refractivity contribution is -0.384. The molecular formula is C44H48N2O8Si. The van der Waals surface area contributed by atoms with Crippen molar-refractivity contribution in [2.45, 2.75) is 58.1 Å². The number of aliphatic hydroxyl groups excluding tert-OH is 2. The van der Waals surface area contributed by atoms with Gasteiger partial charge in [0, 0.05) is 18.1 Å². The molecule has 0 unspecified atom stereocenters. The highest BCUT2D eigenvalue weighted by molar-refractivity contribution is 6.99. The Hall–Kier alpha value is -5.20. The van der Waals surface area contributed by atoms with Gasteiger partial charge in [-0.2, -0.15) is 0 Å². The van der Waals surface area contributed by atoms with E-state index in [-0.39, 0.29) is 41.6 Å². The Bertz CT molecular complexity index is 2070. The number of fused-ring (bicyclic) bond motifs is 1. The maximum atomic E-state index is 14.3. The number of hydrogen-bond acceptors (Lipinski definition) is 8. The average Bonchev–Trinajstić information content (AvgIpc) is 3.42. The number of carbonyl (C=O) groups is 2. The van der Waals surface area contributed by atoms with E-state index in [0.29, 0.717) is 17.6 Å². The van der Waals surface area contributed by atoms with Crippen molar-refractivity contribution in [2.24, 2.45) is 17.8 Å². The van der Waals surface area contributed by atoms with Crippen molar-refractivity contribution in [1.82, 2.24) is 0 Å². The minimum Gasteiger partial charge on any atom is -0.508 e. The maximum Gasteiger partial charge on any atom is 0.271 e. The first-order valence-corrected chi connectivity index (χ1v) is 20.5. The van der Waals surface area contributed by atoms with Crippen LogP contribution in [-0.2, 0) is 14.0 Å². The number of aliphatic hydroxyl groups is 2. The zero-order chi connectivity index (χ0) is 39.5. The van der Waals surface area contributed by atoms with Crippen molar-refractivity contribution >= 4 is 48.0 Å². The number of phenolic OH excluding ortho intramolecular Hbond substituents is 1. The van der Waals surface area contributed by atoms with Gasteiger partial charge in [0.25, 0.3) is 14.0 Å². The Morgan fingerprint density at radius 1 is 0.945 bits per heavy atom. The highest BCUT2D eigenvalue weighted by Crippen LogP contribution is 2.48. The average molecular weight is 761 g/mol. The molecule has 11 heteroatoms. The van der Waals surface area contributed by atoms with E-state index < -0.39 is 55.5 Å². The topological polar surface area (TPSA) is 150 Å². The maximum absolute atomic E-state index is 14.3. The number of nitro groups is 1. The largest absolute Gasteiger partial charge is 0.508 e. The van der Waals surface area contributed by atoms with Gasteiger partial charge in [-0.3, -0.25) is 19.7 Å². The van der Waals surface area contributed by atoms with Crippen LogP contribution in [0.1, 0.15) is 52.5 Å². The molecule has 0 bridgehead atoms. The van der Waals surface area contributed by atoms with E-state index >= 15 is 0 Å². The fourth-order valence-corrected chi connectivity index (χ4v) is 13.1. The molecule has 0 saturated carbocycles. The monoisotopic (exact) mass is 760 g/mol. The third-order valence-corrected chi connectivity index (χ3v) is 16.0. The minimum absolute atomic E-state index is 0.0514. The Morgan fingerprint density at radius 2 is 1.58 bits per heavy atom. The second kappa shape index (κ2) is 16.3. The van der Waals surface area contributed by atoms with Crippen LogP contribution >= 0.6 is 0 Å². The molecule has 0 aromatic heterocycles. The summed E-state index contributed by atoms with van der Waals surface area (Å²) >= 11 is 0. The molecule has 0 spiro atoms. The first-order valence-electron chi connectivity index (χ1n) is 18.6. The third kappa shape index (κ3) is 7.83. The van der Waals surface area contributed by atoms with Gasteiger partial charge in [0.15, 0.2) is 0 Å². The molecule has 1 fully saturated rings. The summed E-state index contributed by atoms with van der Waals surface area (Å²) in [5, 5.41) is 46.5. The number of anilines is 1. The van der Waals surface area contributed by atoms with E-state index in [1.165, 1.54) is 24.3 Å². The van der Waals surface area contributed by atoms with Gasteiger partial charge in [-0.25, -0.2) is 4.90 Å². The van der Waals surface area contributed by atoms with E-state index in [0.717, 1.165) is 26.4 Å². The molecule has 10 nitrogen and oxygen atoms in total. The smallest absolute Gasteiger partial charge is 0.271 e. The molecule has 1 aliphatic heterocycles. The van der Waals surface area contributed by atoms with Crippen LogP contribution < -0.4 is 15.3 Å². The highest BCUT2D eigenvalue weighted by atomic mass is 28.4. The van der Waals surface area contributed by atoms with Gasteiger partial charge in [0.2, 0.25) is 11.8 Å². The summed E-state index contributed by atoms with van der Waals surface area (Å²) in [5.41, 5.74) is 2.76. The first-order chi connectivity index (χ1) is 26.3. The van der Waals surface area contributed by atoms with Crippen molar-refractivity contribution in [1.29, 1.82) is 0 Å². The van der Waals surface area contributed by atoms with Gasteiger partial charge in [-0.15, -0.1) is 0 Å². The summed E-state index contributed by atoms with van der Waals surface area (Å²) in [5.74, 6) is -3.68. The third-order valence-electron chi connectivity index (χ3n) is 11.0.